The quantitative estimate of drug-likeness (QED) is 0.0999. The topological polar surface area (TPSA) is 34.1 Å². The van der Waals surface area contributed by atoms with Crippen molar-refractivity contribution in [2.45, 2.75) is 154 Å². The number of hydrogen-bond acceptors (Lipinski definition) is 3. The highest BCUT2D eigenvalue weighted by atomic mass is 32.2. The van der Waals surface area contributed by atoms with Crippen molar-refractivity contribution in [2.24, 2.45) is 11.8 Å². The molecule has 2 rings (SSSR count). The monoisotopic (exact) mass is 606 g/mol. The summed E-state index contributed by atoms with van der Waals surface area (Å²) in [5, 5.41) is 0.0836. The second-order valence-corrected chi connectivity index (χ2v) is 13.8. The number of thioether (sulfide) groups is 1. The molecule has 0 heterocycles. The molecular formula is C40H62O2S. The van der Waals surface area contributed by atoms with E-state index in [4.69, 9.17) is 0 Å². The molecule has 0 N–H and O–H groups in total. The van der Waals surface area contributed by atoms with Gasteiger partial charge in [-0.2, -0.15) is 0 Å². The number of ketones is 2. The average molecular weight is 607 g/mol. The van der Waals surface area contributed by atoms with Crippen molar-refractivity contribution in [1.82, 2.24) is 0 Å². The molecule has 0 amide bonds. The first-order valence-corrected chi connectivity index (χ1v) is 18.8. The van der Waals surface area contributed by atoms with Crippen LogP contribution in [0, 0.1) is 11.8 Å². The Hall–Kier alpha value is -1.87. The summed E-state index contributed by atoms with van der Waals surface area (Å²) in [6.07, 6.45) is 19.5. The fraction of sp³-hybridized carbons (Fsp3) is 0.650. The van der Waals surface area contributed by atoms with Gasteiger partial charge in [-0.3, -0.25) is 9.59 Å². The molecule has 0 saturated carbocycles. The Labute approximate surface area is 269 Å². The largest absolute Gasteiger partial charge is 0.299 e. The predicted octanol–water partition coefficient (Wildman–Crippen LogP) is 12.7. The minimum Gasteiger partial charge on any atom is -0.299 e. The highest BCUT2D eigenvalue weighted by Crippen LogP contribution is 2.51. The van der Waals surface area contributed by atoms with Gasteiger partial charge in [-0.1, -0.05) is 165 Å². The average Bonchev–Trinajstić information content (AvgIpc) is 3.04. The van der Waals surface area contributed by atoms with Crippen LogP contribution in [0.2, 0.25) is 0 Å². The van der Waals surface area contributed by atoms with E-state index in [1.54, 1.807) is 0 Å². The summed E-state index contributed by atoms with van der Waals surface area (Å²) >= 11 is 1.91. The Kier molecular flexibility index (Phi) is 20.4. The van der Waals surface area contributed by atoms with Crippen molar-refractivity contribution in [3.63, 3.8) is 0 Å². The Morgan fingerprint density at radius 2 is 0.837 bits per heavy atom. The number of unbranched alkanes of at least 4 members (excludes halogenated alkanes) is 10. The number of hydrogen-bond donors (Lipinski definition) is 0. The lowest BCUT2D eigenvalue weighted by atomic mass is 9.87. The van der Waals surface area contributed by atoms with Crippen LogP contribution in [-0.2, 0) is 9.59 Å². The maximum Gasteiger partial charge on any atom is 0.137 e. The van der Waals surface area contributed by atoms with E-state index in [9.17, 15) is 9.59 Å². The van der Waals surface area contributed by atoms with Crippen molar-refractivity contribution in [2.75, 3.05) is 0 Å². The molecule has 0 aliphatic heterocycles. The zero-order valence-electron chi connectivity index (χ0n) is 28.0. The fourth-order valence-electron chi connectivity index (χ4n) is 6.37. The molecule has 0 aliphatic rings. The van der Waals surface area contributed by atoms with Gasteiger partial charge in [0, 0.05) is 35.2 Å². The van der Waals surface area contributed by atoms with Gasteiger partial charge < -0.3 is 0 Å². The fourth-order valence-corrected chi connectivity index (χ4v) is 8.27. The molecule has 2 aromatic rings. The van der Waals surface area contributed by atoms with Gasteiger partial charge in [0.05, 0.1) is 0 Å². The molecule has 0 aromatic heterocycles. The van der Waals surface area contributed by atoms with E-state index in [0.29, 0.717) is 24.4 Å². The van der Waals surface area contributed by atoms with Crippen LogP contribution >= 0.6 is 11.8 Å². The highest BCUT2D eigenvalue weighted by Gasteiger charge is 2.36. The summed E-state index contributed by atoms with van der Waals surface area (Å²) in [4.78, 5) is 27.9. The third-order valence-electron chi connectivity index (χ3n) is 8.86. The van der Waals surface area contributed by atoms with E-state index >= 15 is 0 Å². The van der Waals surface area contributed by atoms with Crippen LogP contribution in [0.3, 0.4) is 0 Å². The minimum absolute atomic E-state index is 0.0322. The van der Waals surface area contributed by atoms with E-state index in [0.717, 1.165) is 51.4 Å². The third kappa shape index (κ3) is 14.2. The first kappa shape index (κ1) is 37.3. The number of rotatable bonds is 26. The summed E-state index contributed by atoms with van der Waals surface area (Å²) in [6.45, 7) is 8.90. The Bertz CT molecular complexity index is 893. The van der Waals surface area contributed by atoms with Gasteiger partial charge in [0.25, 0.3) is 0 Å². The number of carbonyl (C=O) groups is 2. The lowest BCUT2D eigenvalue weighted by molar-refractivity contribution is -0.123. The molecule has 0 saturated heterocycles. The molecule has 240 valence electrons. The zero-order valence-corrected chi connectivity index (χ0v) is 28.9. The molecule has 43 heavy (non-hydrogen) atoms. The van der Waals surface area contributed by atoms with Crippen molar-refractivity contribution in [3.05, 3.63) is 71.8 Å². The molecule has 2 aromatic carbocycles. The molecular weight excluding hydrogens is 545 g/mol. The van der Waals surface area contributed by atoms with E-state index in [1.807, 2.05) is 11.8 Å². The standard InChI is InChI=1S/C40H62O2S/c1-5-9-11-13-15-23-31-37(41)35(25-7-3)39(33-27-19-17-20-28-33)43-40(34-29-21-18-22-30-34)36(26-8-4)38(42)32-24-16-14-12-10-6-2/h17-22,27-30,35-36,39-40H,5-16,23-26,31-32H2,1-4H3. The molecule has 0 fully saturated rings. The molecule has 3 heteroatoms. The van der Waals surface area contributed by atoms with Crippen molar-refractivity contribution < 1.29 is 9.59 Å². The first-order chi connectivity index (χ1) is 21.1. The minimum atomic E-state index is -0.0322. The summed E-state index contributed by atoms with van der Waals surface area (Å²) in [5.74, 6) is 0.761. The highest BCUT2D eigenvalue weighted by molar-refractivity contribution is 7.99. The van der Waals surface area contributed by atoms with Crippen molar-refractivity contribution >= 4 is 23.3 Å². The second kappa shape index (κ2) is 23.5. The van der Waals surface area contributed by atoms with Crippen LogP contribution < -0.4 is 0 Å². The predicted molar refractivity (Wildman–Crippen MR) is 189 cm³/mol. The van der Waals surface area contributed by atoms with Crippen LogP contribution in [0.1, 0.15) is 165 Å². The number of carbonyl (C=O) groups excluding carboxylic acids is 2. The second-order valence-electron chi connectivity index (χ2n) is 12.6. The van der Waals surface area contributed by atoms with Gasteiger partial charge in [0.2, 0.25) is 0 Å². The van der Waals surface area contributed by atoms with Crippen molar-refractivity contribution in [3.8, 4) is 0 Å². The first-order valence-electron chi connectivity index (χ1n) is 17.9. The summed E-state index contributed by atoms with van der Waals surface area (Å²) < 4.78 is 0. The Balaban J connectivity index is 2.34. The summed E-state index contributed by atoms with van der Waals surface area (Å²) in [5.41, 5.74) is 2.45. The van der Waals surface area contributed by atoms with E-state index < -0.39 is 0 Å². The molecule has 0 aliphatic carbocycles. The van der Waals surface area contributed by atoms with E-state index in [-0.39, 0.29) is 22.3 Å². The number of benzene rings is 2. The SMILES string of the molecule is CCCCCCCCC(=O)C(CCC)C(SC(c1ccccc1)C(CCC)C(=O)CCCCCCCC)c1ccccc1. The van der Waals surface area contributed by atoms with Crippen molar-refractivity contribution in [1.29, 1.82) is 0 Å². The van der Waals surface area contributed by atoms with E-state index in [2.05, 4.69) is 88.4 Å². The third-order valence-corrected chi connectivity index (χ3v) is 10.6. The van der Waals surface area contributed by atoms with Gasteiger partial charge in [-0.25, -0.2) is 0 Å². The molecule has 4 atom stereocenters. The normalized spacial score (nSPS) is 14.2. The van der Waals surface area contributed by atoms with Gasteiger partial charge in [-0.05, 0) is 36.8 Å². The van der Waals surface area contributed by atoms with Crippen LogP contribution in [0.4, 0.5) is 0 Å². The van der Waals surface area contributed by atoms with Crippen LogP contribution in [-0.4, -0.2) is 11.6 Å². The smallest absolute Gasteiger partial charge is 0.137 e. The van der Waals surface area contributed by atoms with Gasteiger partial charge >= 0.3 is 0 Å². The molecule has 0 spiro atoms. The number of Topliss-reactive ketones (excluding diaryl/α,β-unsaturated/α-hetero) is 2. The van der Waals surface area contributed by atoms with Gasteiger partial charge in [-0.15, -0.1) is 11.8 Å². The van der Waals surface area contributed by atoms with Crippen LogP contribution in [0.5, 0.6) is 0 Å². The molecule has 0 bridgehead atoms. The molecule has 4 unspecified atom stereocenters. The van der Waals surface area contributed by atoms with Gasteiger partial charge in [0.15, 0.2) is 0 Å². The zero-order chi connectivity index (χ0) is 31.1. The summed E-state index contributed by atoms with van der Waals surface area (Å²) in [6, 6.07) is 21.4. The van der Waals surface area contributed by atoms with Crippen LogP contribution in [0.15, 0.2) is 60.7 Å². The molecule has 0 radical (unpaired) electrons. The maximum absolute atomic E-state index is 14.0. The van der Waals surface area contributed by atoms with Gasteiger partial charge in [0.1, 0.15) is 11.6 Å². The van der Waals surface area contributed by atoms with Crippen LogP contribution in [0.25, 0.3) is 0 Å². The Morgan fingerprint density at radius 3 is 1.19 bits per heavy atom. The maximum atomic E-state index is 14.0. The molecule has 2 nitrogen and oxygen atoms in total. The lowest BCUT2D eigenvalue weighted by Crippen LogP contribution is -2.25. The van der Waals surface area contributed by atoms with E-state index in [1.165, 1.54) is 62.5 Å². The lowest BCUT2D eigenvalue weighted by Gasteiger charge is -2.33. The Morgan fingerprint density at radius 1 is 0.488 bits per heavy atom. The summed E-state index contributed by atoms with van der Waals surface area (Å²) in [7, 11) is 0.